The molecule has 0 bridgehead atoms. The van der Waals surface area contributed by atoms with Gasteiger partial charge in [0.2, 0.25) is 0 Å². The van der Waals surface area contributed by atoms with E-state index in [0.717, 1.165) is 5.56 Å². The van der Waals surface area contributed by atoms with E-state index in [4.69, 9.17) is 0 Å². The predicted octanol–water partition coefficient (Wildman–Crippen LogP) is 0.407. The lowest BCUT2D eigenvalue weighted by molar-refractivity contribution is -0.430. The maximum atomic E-state index is 10.5. The van der Waals surface area contributed by atoms with Gasteiger partial charge in [0.05, 0.1) is 0 Å². The van der Waals surface area contributed by atoms with Gasteiger partial charge in [0.25, 0.3) is 0 Å². The van der Waals surface area contributed by atoms with Crippen LogP contribution >= 0.6 is 0 Å². The average molecular weight is 221 g/mol. The molecule has 0 amide bonds. The first-order valence-corrected chi connectivity index (χ1v) is 5.44. The van der Waals surface area contributed by atoms with Crippen LogP contribution in [0.3, 0.4) is 0 Å². The third-order valence-corrected chi connectivity index (χ3v) is 2.66. The Morgan fingerprint density at radius 2 is 1.81 bits per heavy atom. The molecular weight excluding hydrogens is 202 g/mol. The summed E-state index contributed by atoms with van der Waals surface area (Å²) in [6, 6.07) is 7.72. The van der Waals surface area contributed by atoms with Crippen molar-refractivity contribution >= 4 is 5.97 Å². The largest absolute Gasteiger partial charge is 0.550 e. The monoisotopic (exact) mass is 221 g/mol. The van der Waals surface area contributed by atoms with E-state index in [0.29, 0.717) is 0 Å². The zero-order valence-electron chi connectivity index (χ0n) is 10.1. The van der Waals surface area contributed by atoms with Crippen LogP contribution in [-0.4, -0.2) is 5.97 Å². The molecule has 3 N–H and O–H groups in total. The van der Waals surface area contributed by atoms with Crippen molar-refractivity contribution in [2.45, 2.75) is 38.6 Å². The summed E-state index contributed by atoms with van der Waals surface area (Å²) in [4.78, 5) is 10.5. The lowest BCUT2D eigenvalue weighted by atomic mass is 9.86. The topological polar surface area (TPSA) is 67.8 Å². The number of benzene rings is 1. The number of hydrogen-bond acceptors (Lipinski definition) is 2. The van der Waals surface area contributed by atoms with Gasteiger partial charge in [0, 0.05) is 18.0 Å². The van der Waals surface area contributed by atoms with Crippen LogP contribution in [0.5, 0.6) is 0 Å². The molecule has 0 heterocycles. The highest BCUT2D eigenvalue weighted by atomic mass is 16.4. The highest BCUT2D eigenvalue weighted by molar-refractivity contribution is 5.65. The van der Waals surface area contributed by atoms with E-state index < -0.39 is 5.97 Å². The lowest BCUT2D eigenvalue weighted by Gasteiger charge is -2.19. The molecular formula is C13H19NO2. The first-order chi connectivity index (χ1) is 7.30. The average Bonchev–Trinajstić information content (AvgIpc) is 2.15. The van der Waals surface area contributed by atoms with Gasteiger partial charge in [-0.05, 0) is 11.0 Å². The second-order valence-electron chi connectivity index (χ2n) is 5.15. The fourth-order valence-corrected chi connectivity index (χ4v) is 1.57. The third-order valence-electron chi connectivity index (χ3n) is 2.66. The van der Waals surface area contributed by atoms with Gasteiger partial charge in [-0.1, -0.05) is 45.0 Å². The van der Waals surface area contributed by atoms with Crippen molar-refractivity contribution in [2.75, 3.05) is 0 Å². The molecule has 0 fully saturated rings. The van der Waals surface area contributed by atoms with E-state index in [1.807, 2.05) is 24.3 Å². The molecule has 1 aromatic carbocycles. The summed E-state index contributed by atoms with van der Waals surface area (Å²) in [5, 5.41) is 10.5. The Labute approximate surface area is 96.3 Å². The summed E-state index contributed by atoms with van der Waals surface area (Å²) in [6.07, 6.45) is -0.0329. The fraction of sp³-hybridized carbons (Fsp3) is 0.462. The van der Waals surface area contributed by atoms with Gasteiger partial charge in [0.15, 0.2) is 0 Å². The minimum atomic E-state index is -1.06. The maximum absolute atomic E-state index is 10.5. The Kier molecular flexibility index (Phi) is 3.70. The van der Waals surface area contributed by atoms with Crippen LogP contribution in [-0.2, 0) is 10.2 Å². The summed E-state index contributed by atoms with van der Waals surface area (Å²) < 4.78 is 0. The van der Waals surface area contributed by atoms with Crippen LogP contribution < -0.4 is 10.8 Å². The zero-order chi connectivity index (χ0) is 12.3. The molecule has 3 nitrogen and oxygen atoms in total. The third kappa shape index (κ3) is 3.35. The molecule has 0 aliphatic heterocycles. The van der Waals surface area contributed by atoms with Crippen molar-refractivity contribution in [3.05, 3.63) is 35.4 Å². The first-order valence-electron chi connectivity index (χ1n) is 5.44. The molecule has 1 atom stereocenters. The Balaban J connectivity index is 2.83. The molecule has 0 spiro atoms. The quantitative estimate of drug-likeness (QED) is 0.803. The summed E-state index contributed by atoms with van der Waals surface area (Å²) in [5.74, 6) is -1.06. The number of rotatable bonds is 3. The molecule has 88 valence electrons. The Morgan fingerprint density at radius 1 is 1.31 bits per heavy atom. The molecule has 3 heteroatoms. The predicted molar refractivity (Wildman–Crippen MR) is 60.4 cm³/mol. The number of hydrogen-bond donors (Lipinski definition) is 1. The highest BCUT2D eigenvalue weighted by Gasteiger charge is 2.15. The number of carboxylic acids is 1. The zero-order valence-corrected chi connectivity index (χ0v) is 10.1. The summed E-state index contributed by atoms with van der Waals surface area (Å²) in [7, 11) is 0. The van der Waals surface area contributed by atoms with Gasteiger partial charge < -0.3 is 15.6 Å². The van der Waals surface area contributed by atoms with Crippen LogP contribution in [0.25, 0.3) is 0 Å². The number of carboxylic acid groups (broad SMARTS) is 1. The SMILES string of the molecule is CC(C)(C)c1ccc([C@@H]([NH3+])CC(=O)[O-])cc1. The fourth-order valence-electron chi connectivity index (χ4n) is 1.57. The molecule has 0 unspecified atom stereocenters. The van der Waals surface area contributed by atoms with E-state index in [1.165, 1.54) is 5.56 Å². The van der Waals surface area contributed by atoms with Gasteiger partial charge in [-0.3, -0.25) is 0 Å². The number of quaternary nitrogens is 1. The van der Waals surface area contributed by atoms with Crippen LogP contribution in [0.2, 0.25) is 0 Å². The minimum absolute atomic E-state index is 0.0329. The van der Waals surface area contributed by atoms with Crippen molar-refractivity contribution in [1.29, 1.82) is 0 Å². The smallest absolute Gasteiger partial charge is 0.115 e. The van der Waals surface area contributed by atoms with E-state index in [1.54, 1.807) is 0 Å². The standard InChI is InChI=1S/C13H19NO2/c1-13(2,3)10-6-4-9(5-7-10)11(14)8-12(15)16/h4-7,11H,8,14H2,1-3H3,(H,15,16)/t11-/m0/s1. The van der Waals surface area contributed by atoms with Crippen LogP contribution in [0.15, 0.2) is 24.3 Å². The number of carbonyl (C=O) groups is 1. The van der Waals surface area contributed by atoms with Crippen LogP contribution in [0, 0.1) is 0 Å². The van der Waals surface area contributed by atoms with Gasteiger partial charge in [0.1, 0.15) is 6.04 Å². The van der Waals surface area contributed by atoms with Gasteiger partial charge in [-0.15, -0.1) is 0 Å². The second-order valence-corrected chi connectivity index (χ2v) is 5.15. The molecule has 0 aliphatic rings. The molecule has 0 radical (unpaired) electrons. The molecule has 0 saturated carbocycles. The van der Waals surface area contributed by atoms with Crippen LogP contribution in [0.1, 0.15) is 44.4 Å². The molecule has 0 aromatic heterocycles. The Bertz CT molecular complexity index is 363. The Hall–Kier alpha value is -1.35. The number of aliphatic carboxylic acids is 1. The minimum Gasteiger partial charge on any atom is -0.550 e. The molecule has 1 aromatic rings. The normalized spacial score (nSPS) is 13.5. The first kappa shape index (κ1) is 12.7. The van der Waals surface area contributed by atoms with Crippen molar-refractivity contribution in [3.8, 4) is 0 Å². The van der Waals surface area contributed by atoms with E-state index in [2.05, 4.69) is 26.5 Å². The molecule has 0 aliphatic carbocycles. The van der Waals surface area contributed by atoms with Crippen molar-refractivity contribution in [2.24, 2.45) is 0 Å². The van der Waals surface area contributed by atoms with Gasteiger partial charge in [-0.2, -0.15) is 0 Å². The van der Waals surface area contributed by atoms with E-state index in [-0.39, 0.29) is 17.9 Å². The summed E-state index contributed by atoms with van der Waals surface area (Å²) in [6.45, 7) is 6.43. The Morgan fingerprint density at radius 3 is 2.19 bits per heavy atom. The number of carbonyl (C=O) groups excluding carboxylic acids is 1. The molecule has 0 saturated heterocycles. The van der Waals surface area contributed by atoms with Crippen molar-refractivity contribution in [3.63, 3.8) is 0 Å². The second kappa shape index (κ2) is 4.66. The maximum Gasteiger partial charge on any atom is 0.115 e. The highest BCUT2D eigenvalue weighted by Crippen LogP contribution is 2.23. The van der Waals surface area contributed by atoms with E-state index >= 15 is 0 Å². The van der Waals surface area contributed by atoms with Crippen molar-refractivity contribution in [1.82, 2.24) is 0 Å². The summed E-state index contributed by atoms with van der Waals surface area (Å²) in [5.41, 5.74) is 6.11. The lowest BCUT2D eigenvalue weighted by Crippen LogP contribution is -2.55. The van der Waals surface area contributed by atoms with Crippen molar-refractivity contribution < 1.29 is 15.6 Å². The molecule has 1 rings (SSSR count). The van der Waals surface area contributed by atoms with Gasteiger partial charge in [-0.25, -0.2) is 0 Å². The van der Waals surface area contributed by atoms with Crippen LogP contribution in [0.4, 0.5) is 0 Å². The van der Waals surface area contributed by atoms with E-state index in [9.17, 15) is 9.90 Å². The van der Waals surface area contributed by atoms with Gasteiger partial charge >= 0.3 is 0 Å². The molecule has 16 heavy (non-hydrogen) atoms. The summed E-state index contributed by atoms with van der Waals surface area (Å²) >= 11 is 0.